The molecule has 0 radical (unpaired) electrons. The molecule has 30 heavy (non-hydrogen) atoms. The Hall–Kier alpha value is -2.82. The van der Waals surface area contributed by atoms with Crippen molar-refractivity contribution < 1.29 is 4.79 Å². The number of anilines is 2. The number of amides is 1. The largest absolute Gasteiger partial charge is 0.369 e. The molecule has 1 fully saturated rings. The van der Waals surface area contributed by atoms with Crippen LogP contribution < -0.4 is 10.2 Å². The van der Waals surface area contributed by atoms with Gasteiger partial charge in [-0.05, 0) is 41.8 Å². The van der Waals surface area contributed by atoms with E-state index in [9.17, 15) is 4.79 Å². The number of rotatable bonds is 6. The first-order valence-corrected chi connectivity index (χ1v) is 10.7. The lowest BCUT2D eigenvalue weighted by molar-refractivity contribution is -0.117. The number of para-hydroxylation sites is 1. The van der Waals surface area contributed by atoms with Crippen molar-refractivity contribution in [2.75, 3.05) is 42.9 Å². The number of carbonyl (C=O) groups excluding carboxylic acids is 1. The minimum atomic E-state index is 0.0340. The third-order valence-corrected chi connectivity index (χ3v) is 5.68. The van der Waals surface area contributed by atoms with Gasteiger partial charge in [0.05, 0.1) is 6.54 Å². The predicted molar refractivity (Wildman–Crippen MR) is 124 cm³/mol. The molecule has 1 N–H and O–H groups in total. The van der Waals surface area contributed by atoms with E-state index in [-0.39, 0.29) is 5.91 Å². The molecular formula is C25H26ClN3O. The summed E-state index contributed by atoms with van der Waals surface area (Å²) in [7, 11) is 0. The lowest BCUT2D eigenvalue weighted by Gasteiger charge is -2.35. The molecule has 0 bridgehead atoms. The molecule has 4 rings (SSSR count). The second-order valence-electron chi connectivity index (χ2n) is 7.61. The second-order valence-corrected chi connectivity index (χ2v) is 8.05. The van der Waals surface area contributed by atoms with E-state index in [0.29, 0.717) is 6.54 Å². The van der Waals surface area contributed by atoms with Crippen molar-refractivity contribution >= 4 is 28.9 Å². The van der Waals surface area contributed by atoms with E-state index in [0.717, 1.165) is 54.6 Å². The Kier molecular flexibility index (Phi) is 6.67. The standard InChI is InChI=1S/C25H26ClN3O/c26-22-10-6-11-23(18-22)29-15-13-28(14-16-29)19-25(30)27-24-12-5-4-9-21(24)17-20-7-2-1-3-8-20/h1-12,18H,13-17,19H2,(H,27,30). The molecule has 3 aromatic rings. The zero-order valence-electron chi connectivity index (χ0n) is 16.9. The van der Waals surface area contributed by atoms with E-state index in [1.165, 1.54) is 5.56 Å². The van der Waals surface area contributed by atoms with Gasteiger partial charge < -0.3 is 10.2 Å². The van der Waals surface area contributed by atoms with Crippen molar-refractivity contribution in [3.63, 3.8) is 0 Å². The molecule has 5 heteroatoms. The molecule has 0 spiro atoms. The molecule has 0 aliphatic carbocycles. The summed E-state index contributed by atoms with van der Waals surface area (Å²) < 4.78 is 0. The molecule has 0 atom stereocenters. The van der Waals surface area contributed by atoms with Crippen LogP contribution in [-0.4, -0.2) is 43.5 Å². The van der Waals surface area contributed by atoms with Gasteiger partial charge in [0.25, 0.3) is 0 Å². The van der Waals surface area contributed by atoms with Gasteiger partial charge in [0.2, 0.25) is 5.91 Å². The Morgan fingerprint density at radius 1 is 0.867 bits per heavy atom. The van der Waals surface area contributed by atoms with Crippen molar-refractivity contribution in [2.24, 2.45) is 0 Å². The topological polar surface area (TPSA) is 35.6 Å². The summed E-state index contributed by atoms with van der Waals surface area (Å²) in [5.74, 6) is 0.0340. The van der Waals surface area contributed by atoms with Gasteiger partial charge in [0.15, 0.2) is 0 Å². The first-order valence-electron chi connectivity index (χ1n) is 10.3. The van der Waals surface area contributed by atoms with Crippen molar-refractivity contribution in [2.45, 2.75) is 6.42 Å². The van der Waals surface area contributed by atoms with Crippen LogP contribution in [0.1, 0.15) is 11.1 Å². The average Bonchev–Trinajstić information content (AvgIpc) is 2.76. The number of carbonyl (C=O) groups is 1. The van der Waals surface area contributed by atoms with Crippen LogP contribution in [0.5, 0.6) is 0 Å². The Morgan fingerprint density at radius 2 is 1.60 bits per heavy atom. The normalized spacial score (nSPS) is 14.5. The first-order chi connectivity index (χ1) is 14.7. The fourth-order valence-electron chi connectivity index (χ4n) is 3.84. The third-order valence-electron chi connectivity index (χ3n) is 5.44. The zero-order chi connectivity index (χ0) is 20.8. The van der Waals surface area contributed by atoms with Crippen LogP contribution in [0.2, 0.25) is 5.02 Å². The summed E-state index contributed by atoms with van der Waals surface area (Å²) in [5.41, 5.74) is 4.39. The minimum Gasteiger partial charge on any atom is -0.369 e. The number of nitrogens with one attached hydrogen (secondary N) is 1. The summed E-state index contributed by atoms with van der Waals surface area (Å²) in [6.07, 6.45) is 0.801. The fourth-order valence-corrected chi connectivity index (χ4v) is 4.03. The van der Waals surface area contributed by atoms with Gasteiger partial charge in [-0.2, -0.15) is 0 Å². The van der Waals surface area contributed by atoms with Crippen molar-refractivity contribution in [1.29, 1.82) is 0 Å². The lowest BCUT2D eigenvalue weighted by atomic mass is 10.0. The van der Waals surface area contributed by atoms with E-state index < -0.39 is 0 Å². The maximum absolute atomic E-state index is 12.7. The van der Waals surface area contributed by atoms with Gasteiger partial charge in [0.1, 0.15) is 0 Å². The van der Waals surface area contributed by atoms with E-state index in [2.05, 4.69) is 39.4 Å². The van der Waals surface area contributed by atoms with E-state index in [1.54, 1.807) is 0 Å². The summed E-state index contributed by atoms with van der Waals surface area (Å²) in [5, 5.41) is 3.87. The predicted octanol–water partition coefficient (Wildman–Crippen LogP) is 4.69. The highest BCUT2D eigenvalue weighted by Crippen LogP contribution is 2.21. The molecule has 1 saturated heterocycles. The minimum absolute atomic E-state index is 0.0340. The van der Waals surface area contributed by atoms with Gasteiger partial charge in [0, 0.05) is 42.6 Å². The maximum atomic E-state index is 12.7. The number of benzene rings is 3. The molecule has 1 heterocycles. The third kappa shape index (κ3) is 5.41. The van der Waals surface area contributed by atoms with Crippen LogP contribution >= 0.6 is 11.6 Å². The van der Waals surface area contributed by atoms with Crippen molar-refractivity contribution in [3.05, 3.63) is 95.0 Å². The Morgan fingerprint density at radius 3 is 2.37 bits per heavy atom. The van der Waals surface area contributed by atoms with Gasteiger partial charge in [-0.3, -0.25) is 9.69 Å². The molecule has 3 aromatic carbocycles. The number of hydrogen-bond acceptors (Lipinski definition) is 3. The van der Waals surface area contributed by atoms with E-state index in [1.807, 2.05) is 54.6 Å². The molecule has 1 aliphatic rings. The molecule has 1 aliphatic heterocycles. The Bertz CT molecular complexity index is 984. The number of nitrogens with zero attached hydrogens (tertiary/aromatic N) is 2. The monoisotopic (exact) mass is 419 g/mol. The number of hydrogen-bond donors (Lipinski definition) is 1. The first kappa shape index (κ1) is 20.5. The molecule has 154 valence electrons. The molecule has 1 amide bonds. The average molecular weight is 420 g/mol. The van der Waals surface area contributed by atoms with Crippen molar-refractivity contribution in [3.8, 4) is 0 Å². The second kappa shape index (κ2) is 9.79. The summed E-state index contributed by atoms with van der Waals surface area (Å²) >= 11 is 6.11. The lowest BCUT2D eigenvalue weighted by Crippen LogP contribution is -2.48. The highest BCUT2D eigenvalue weighted by molar-refractivity contribution is 6.30. The highest BCUT2D eigenvalue weighted by atomic mass is 35.5. The Balaban J connectivity index is 1.31. The van der Waals surface area contributed by atoms with Gasteiger partial charge in [-0.25, -0.2) is 0 Å². The van der Waals surface area contributed by atoms with E-state index >= 15 is 0 Å². The molecule has 0 aromatic heterocycles. The molecule has 0 unspecified atom stereocenters. The summed E-state index contributed by atoms with van der Waals surface area (Å²) in [4.78, 5) is 17.2. The van der Waals surface area contributed by atoms with Gasteiger partial charge in [-0.15, -0.1) is 0 Å². The quantitative estimate of drug-likeness (QED) is 0.629. The van der Waals surface area contributed by atoms with Crippen LogP contribution in [0.4, 0.5) is 11.4 Å². The fraction of sp³-hybridized carbons (Fsp3) is 0.240. The van der Waals surface area contributed by atoms with Gasteiger partial charge in [-0.1, -0.05) is 66.2 Å². The SMILES string of the molecule is O=C(CN1CCN(c2cccc(Cl)c2)CC1)Nc1ccccc1Cc1ccccc1. The van der Waals surface area contributed by atoms with Crippen LogP contribution in [0.25, 0.3) is 0 Å². The molecule has 4 nitrogen and oxygen atoms in total. The highest BCUT2D eigenvalue weighted by Gasteiger charge is 2.19. The summed E-state index contributed by atoms with van der Waals surface area (Å²) in [6, 6.07) is 26.3. The summed E-state index contributed by atoms with van der Waals surface area (Å²) in [6.45, 7) is 3.89. The number of piperazine rings is 1. The molecule has 0 saturated carbocycles. The van der Waals surface area contributed by atoms with Crippen molar-refractivity contribution in [1.82, 2.24) is 4.90 Å². The van der Waals surface area contributed by atoms with Crippen LogP contribution in [0.15, 0.2) is 78.9 Å². The van der Waals surface area contributed by atoms with Crippen LogP contribution in [-0.2, 0) is 11.2 Å². The van der Waals surface area contributed by atoms with Crippen LogP contribution in [0, 0.1) is 0 Å². The maximum Gasteiger partial charge on any atom is 0.238 e. The Labute approximate surface area is 183 Å². The van der Waals surface area contributed by atoms with Gasteiger partial charge >= 0.3 is 0 Å². The molecular weight excluding hydrogens is 394 g/mol. The van der Waals surface area contributed by atoms with Crippen LogP contribution in [0.3, 0.4) is 0 Å². The number of halogens is 1. The zero-order valence-corrected chi connectivity index (χ0v) is 17.7. The van der Waals surface area contributed by atoms with E-state index in [4.69, 9.17) is 11.6 Å². The smallest absolute Gasteiger partial charge is 0.238 e.